The highest BCUT2D eigenvalue weighted by atomic mass is 32.2. The topological polar surface area (TPSA) is 105 Å². The lowest BCUT2D eigenvalue weighted by Gasteiger charge is -2.33. The van der Waals surface area contributed by atoms with Gasteiger partial charge in [0.15, 0.2) is 11.5 Å². The largest absolute Gasteiger partial charge is 0.454 e. The van der Waals surface area contributed by atoms with Crippen LogP contribution in [0.2, 0.25) is 0 Å². The third kappa shape index (κ3) is 7.15. The van der Waals surface area contributed by atoms with Crippen LogP contribution in [0.4, 0.5) is 5.69 Å². The molecule has 2 atom stereocenters. The van der Waals surface area contributed by atoms with E-state index >= 15 is 0 Å². The third-order valence-corrected chi connectivity index (χ3v) is 8.24. The van der Waals surface area contributed by atoms with Gasteiger partial charge in [-0.15, -0.1) is 0 Å². The molecule has 9 nitrogen and oxygen atoms in total. The van der Waals surface area contributed by atoms with Gasteiger partial charge in [-0.3, -0.25) is 13.9 Å². The highest BCUT2D eigenvalue weighted by Gasteiger charge is 2.33. The number of sulfonamides is 1. The zero-order chi connectivity index (χ0) is 27.0. The van der Waals surface area contributed by atoms with Gasteiger partial charge in [-0.1, -0.05) is 44.2 Å². The number of benzene rings is 2. The van der Waals surface area contributed by atoms with Gasteiger partial charge in [-0.05, 0) is 50.8 Å². The second-order valence-electron chi connectivity index (χ2n) is 9.01. The van der Waals surface area contributed by atoms with Crippen LogP contribution in [0.3, 0.4) is 0 Å². The molecule has 0 fully saturated rings. The second kappa shape index (κ2) is 12.8. The third-order valence-electron chi connectivity index (χ3n) is 6.49. The van der Waals surface area contributed by atoms with Gasteiger partial charge < -0.3 is 19.7 Å². The monoisotopic (exact) mass is 531 g/mol. The van der Waals surface area contributed by atoms with Gasteiger partial charge in [0, 0.05) is 18.7 Å². The summed E-state index contributed by atoms with van der Waals surface area (Å²) in [6, 6.07) is 13.7. The maximum atomic E-state index is 13.8. The molecule has 2 aromatic carbocycles. The molecular formula is C27H37N3O6S. The van der Waals surface area contributed by atoms with Crippen LogP contribution in [0.25, 0.3) is 0 Å². The summed E-state index contributed by atoms with van der Waals surface area (Å²) in [5.74, 6) is 0.0514. The van der Waals surface area contributed by atoms with Crippen LogP contribution in [0.15, 0.2) is 48.5 Å². The molecule has 0 saturated carbocycles. The summed E-state index contributed by atoms with van der Waals surface area (Å²) < 4.78 is 38.0. The Kier molecular flexibility index (Phi) is 9.79. The number of hydrogen-bond donors (Lipinski definition) is 1. The predicted molar refractivity (Wildman–Crippen MR) is 143 cm³/mol. The van der Waals surface area contributed by atoms with Crippen LogP contribution >= 0.6 is 0 Å². The fourth-order valence-electron chi connectivity index (χ4n) is 4.10. The number of hydrogen-bond acceptors (Lipinski definition) is 6. The van der Waals surface area contributed by atoms with E-state index in [0.717, 1.165) is 16.3 Å². The summed E-state index contributed by atoms with van der Waals surface area (Å²) in [5.41, 5.74) is 1.32. The van der Waals surface area contributed by atoms with E-state index < -0.39 is 28.5 Å². The molecule has 0 aromatic heterocycles. The van der Waals surface area contributed by atoms with Gasteiger partial charge >= 0.3 is 0 Å². The van der Waals surface area contributed by atoms with Gasteiger partial charge in [-0.25, -0.2) is 8.42 Å². The molecule has 37 heavy (non-hydrogen) atoms. The molecular weight excluding hydrogens is 494 g/mol. The average molecular weight is 532 g/mol. The summed E-state index contributed by atoms with van der Waals surface area (Å²) in [6.07, 6.45) is 1.68. The van der Waals surface area contributed by atoms with Gasteiger partial charge in [0.25, 0.3) is 0 Å². The van der Waals surface area contributed by atoms with Crippen molar-refractivity contribution < 1.29 is 27.5 Å². The number of nitrogens with one attached hydrogen (secondary N) is 1. The van der Waals surface area contributed by atoms with E-state index in [4.69, 9.17) is 9.47 Å². The molecule has 0 aliphatic carbocycles. The van der Waals surface area contributed by atoms with Crippen molar-refractivity contribution in [1.29, 1.82) is 0 Å². The lowest BCUT2D eigenvalue weighted by Crippen LogP contribution is -2.54. The Balaban J connectivity index is 1.91. The maximum absolute atomic E-state index is 13.8. The van der Waals surface area contributed by atoms with Crippen LogP contribution in [0.1, 0.15) is 46.1 Å². The molecule has 0 bridgehead atoms. The van der Waals surface area contributed by atoms with E-state index in [0.29, 0.717) is 30.0 Å². The second-order valence-corrected chi connectivity index (χ2v) is 11.2. The van der Waals surface area contributed by atoms with E-state index in [2.05, 4.69) is 5.32 Å². The minimum atomic E-state index is -3.81. The molecule has 0 radical (unpaired) electrons. The number of nitrogens with zero attached hydrogens (tertiary/aromatic N) is 2. The number of rotatable bonds is 13. The molecule has 1 heterocycles. The minimum Gasteiger partial charge on any atom is -0.454 e. The first-order chi connectivity index (χ1) is 17.7. The Morgan fingerprint density at radius 3 is 2.35 bits per heavy atom. The van der Waals surface area contributed by atoms with Gasteiger partial charge in [0.1, 0.15) is 12.6 Å². The molecule has 1 N–H and O–H groups in total. The molecule has 2 amide bonds. The molecule has 202 valence electrons. The fourth-order valence-corrected chi connectivity index (χ4v) is 5.15. The van der Waals surface area contributed by atoms with Crippen LogP contribution in [0, 0.1) is 0 Å². The molecule has 0 spiro atoms. The number of fused-ring (bicyclic) bond motifs is 1. The quantitative estimate of drug-likeness (QED) is 0.425. The van der Waals surface area contributed by atoms with Crippen molar-refractivity contribution in [2.45, 2.75) is 59.0 Å². The average Bonchev–Trinajstić information content (AvgIpc) is 3.37. The first-order valence-electron chi connectivity index (χ1n) is 12.7. The normalized spacial score (nSPS) is 14.1. The van der Waals surface area contributed by atoms with Gasteiger partial charge in [0.2, 0.25) is 28.6 Å². The SMILES string of the molecule is CC[C@H](C(=O)N[C@@H](C)CC)N(CCc1ccccc1)C(=O)CN(c1ccc2c(c1)OCO2)S(=O)(=O)CC. The summed E-state index contributed by atoms with van der Waals surface area (Å²) in [6.45, 7) is 7.16. The highest BCUT2D eigenvalue weighted by molar-refractivity contribution is 7.92. The number of ether oxygens (including phenoxy) is 2. The predicted octanol–water partition coefficient (Wildman–Crippen LogP) is 3.34. The van der Waals surface area contributed by atoms with Crippen molar-refractivity contribution in [3.05, 3.63) is 54.1 Å². The fraction of sp³-hybridized carbons (Fsp3) is 0.481. The van der Waals surface area contributed by atoms with Crippen LogP contribution in [-0.4, -0.2) is 62.9 Å². The van der Waals surface area contributed by atoms with E-state index in [-0.39, 0.29) is 31.0 Å². The molecule has 2 aromatic rings. The smallest absolute Gasteiger partial charge is 0.244 e. The zero-order valence-corrected chi connectivity index (χ0v) is 22.8. The molecule has 0 unspecified atom stereocenters. The number of carbonyl (C=O) groups is 2. The van der Waals surface area contributed by atoms with Crippen molar-refractivity contribution in [1.82, 2.24) is 10.2 Å². The number of anilines is 1. The van der Waals surface area contributed by atoms with Crippen LogP contribution < -0.4 is 19.1 Å². The van der Waals surface area contributed by atoms with Crippen molar-refractivity contribution in [3.63, 3.8) is 0 Å². The molecule has 10 heteroatoms. The Morgan fingerprint density at radius 2 is 1.70 bits per heavy atom. The Labute approximate surface area is 219 Å². The van der Waals surface area contributed by atoms with Gasteiger partial charge in [-0.2, -0.15) is 0 Å². The van der Waals surface area contributed by atoms with E-state index in [1.165, 1.54) is 11.8 Å². The summed E-state index contributed by atoms with van der Waals surface area (Å²) in [5, 5.41) is 2.97. The van der Waals surface area contributed by atoms with Crippen LogP contribution in [-0.2, 0) is 26.0 Å². The standard InChI is InChI=1S/C27H37N3O6S/c1-5-20(4)28-27(32)23(6-2)29(16-15-21-11-9-8-10-12-21)26(31)18-30(37(33,34)7-3)22-13-14-24-25(17-22)36-19-35-24/h8-14,17,20,23H,5-7,15-16,18-19H2,1-4H3,(H,28,32)/t20-,23+/m0/s1. The first kappa shape index (κ1) is 28.3. The molecule has 1 aliphatic heterocycles. The number of amides is 2. The van der Waals surface area contributed by atoms with Crippen molar-refractivity contribution >= 4 is 27.5 Å². The lowest BCUT2D eigenvalue weighted by molar-refractivity contribution is -0.139. The van der Waals surface area contributed by atoms with E-state index in [9.17, 15) is 18.0 Å². The van der Waals surface area contributed by atoms with Crippen molar-refractivity contribution in [3.8, 4) is 11.5 Å². The van der Waals surface area contributed by atoms with Crippen LogP contribution in [0.5, 0.6) is 11.5 Å². The van der Waals surface area contributed by atoms with Crippen molar-refractivity contribution in [2.24, 2.45) is 0 Å². The number of carbonyl (C=O) groups excluding carboxylic acids is 2. The zero-order valence-electron chi connectivity index (χ0n) is 22.0. The Morgan fingerprint density at radius 1 is 1.00 bits per heavy atom. The molecule has 3 rings (SSSR count). The molecule has 0 saturated heterocycles. The van der Waals surface area contributed by atoms with E-state index in [1.807, 2.05) is 51.1 Å². The summed E-state index contributed by atoms with van der Waals surface area (Å²) >= 11 is 0. The maximum Gasteiger partial charge on any atom is 0.244 e. The first-order valence-corrected chi connectivity index (χ1v) is 14.3. The Hall–Kier alpha value is -3.27. The highest BCUT2D eigenvalue weighted by Crippen LogP contribution is 2.36. The van der Waals surface area contributed by atoms with Gasteiger partial charge in [0.05, 0.1) is 11.4 Å². The summed E-state index contributed by atoms with van der Waals surface area (Å²) in [4.78, 5) is 28.5. The van der Waals surface area contributed by atoms with Crippen molar-refractivity contribution in [2.75, 3.05) is 29.9 Å². The Bertz CT molecular complexity index is 1170. The minimum absolute atomic E-state index is 0.0433. The summed E-state index contributed by atoms with van der Waals surface area (Å²) in [7, 11) is -3.81. The molecule has 1 aliphatic rings. The van der Waals surface area contributed by atoms with E-state index in [1.54, 1.807) is 18.2 Å². The lowest BCUT2D eigenvalue weighted by atomic mass is 10.1.